The van der Waals surface area contributed by atoms with Crippen LogP contribution in [0.2, 0.25) is 0 Å². The number of carbonyl (C=O) groups is 1. The molecule has 0 spiro atoms. The summed E-state index contributed by atoms with van der Waals surface area (Å²) < 4.78 is 24.3. The van der Waals surface area contributed by atoms with Crippen molar-refractivity contribution < 1.29 is 18.3 Å². The Morgan fingerprint density at radius 1 is 0.967 bits per heavy atom. The van der Waals surface area contributed by atoms with Gasteiger partial charge in [0.15, 0.2) is 0 Å². The Morgan fingerprint density at radius 2 is 1.70 bits per heavy atom. The van der Waals surface area contributed by atoms with Crippen LogP contribution in [0, 0.1) is 5.82 Å². The maximum absolute atomic E-state index is 13.1. The Balaban J connectivity index is 1.41. The number of nitrogens with one attached hydrogen (secondary N) is 1. The maximum atomic E-state index is 13.1. The fourth-order valence-electron chi connectivity index (χ4n) is 2.90. The van der Waals surface area contributed by atoms with Gasteiger partial charge in [0.05, 0.1) is 5.56 Å². The van der Waals surface area contributed by atoms with Gasteiger partial charge in [0.25, 0.3) is 5.91 Å². The third kappa shape index (κ3) is 4.72. The standard InChI is InChI=1S/C24H19FN2O3/c25-19-12-10-18(11-13-19)24-27-20(16-30-24)15-29-22-9-5-4-8-21(22)23(28)26-14-17-6-2-1-3-7-17/h1-13,16H,14-15H2,(H,26,28). The van der Waals surface area contributed by atoms with Gasteiger partial charge >= 0.3 is 0 Å². The van der Waals surface area contributed by atoms with E-state index in [2.05, 4.69) is 10.3 Å². The molecule has 6 heteroatoms. The molecule has 1 amide bonds. The highest BCUT2D eigenvalue weighted by atomic mass is 19.1. The summed E-state index contributed by atoms with van der Waals surface area (Å²) in [5.74, 6) is 0.287. The Morgan fingerprint density at radius 3 is 2.50 bits per heavy atom. The molecule has 0 aliphatic rings. The lowest BCUT2D eigenvalue weighted by atomic mass is 10.1. The Labute approximate surface area is 173 Å². The molecule has 0 aliphatic heterocycles. The molecule has 150 valence electrons. The average Bonchev–Trinajstić information content (AvgIpc) is 3.26. The van der Waals surface area contributed by atoms with E-state index in [1.54, 1.807) is 36.4 Å². The molecule has 0 saturated carbocycles. The molecule has 0 saturated heterocycles. The molecule has 0 radical (unpaired) electrons. The molecule has 0 unspecified atom stereocenters. The van der Waals surface area contributed by atoms with Crippen LogP contribution in [0.1, 0.15) is 21.6 Å². The highest BCUT2D eigenvalue weighted by molar-refractivity contribution is 5.96. The normalized spacial score (nSPS) is 10.6. The fraction of sp³-hybridized carbons (Fsp3) is 0.0833. The second kappa shape index (κ2) is 9.05. The number of ether oxygens (including phenoxy) is 1. The van der Waals surface area contributed by atoms with Crippen molar-refractivity contribution in [1.29, 1.82) is 0 Å². The Bertz CT molecular complexity index is 1120. The van der Waals surface area contributed by atoms with E-state index < -0.39 is 0 Å². The van der Waals surface area contributed by atoms with E-state index >= 15 is 0 Å². The third-order valence-electron chi connectivity index (χ3n) is 4.45. The number of hydrogen-bond acceptors (Lipinski definition) is 4. The van der Waals surface area contributed by atoms with Crippen LogP contribution in [0.5, 0.6) is 5.75 Å². The topological polar surface area (TPSA) is 64.4 Å². The number of oxazole rings is 1. The molecule has 30 heavy (non-hydrogen) atoms. The van der Waals surface area contributed by atoms with Crippen LogP contribution in [0.3, 0.4) is 0 Å². The number of hydrogen-bond donors (Lipinski definition) is 1. The summed E-state index contributed by atoms with van der Waals surface area (Å²) in [4.78, 5) is 17.0. The van der Waals surface area contributed by atoms with E-state index in [9.17, 15) is 9.18 Å². The molecule has 1 N–H and O–H groups in total. The summed E-state index contributed by atoms with van der Waals surface area (Å²) >= 11 is 0. The summed E-state index contributed by atoms with van der Waals surface area (Å²) in [6, 6.07) is 22.6. The van der Waals surface area contributed by atoms with Crippen LogP contribution in [0.25, 0.3) is 11.5 Å². The highest BCUT2D eigenvalue weighted by Gasteiger charge is 2.13. The van der Waals surface area contributed by atoms with Crippen molar-refractivity contribution in [3.8, 4) is 17.2 Å². The predicted molar refractivity (Wildman–Crippen MR) is 110 cm³/mol. The van der Waals surface area contributed by atoms with Gasteiger partial charge in [0.2, 0.25) is 5.89 Å². The first kappa shape index (κ1) is 19.4. The fourth-order valence-corrected chi connectivity index (χ4v) is 2.90. The summed E-state index contributed by atoms with van der Waals surface area (Å²) in [7, 11) is 0. The van der Waals surface area contributed by atoms with E-state index in [1.807, 2.05) is 30.3 Å². The number of nitrogens with zero attached hydrogens (tertiary/aromatic N) is 1. The molecule has 0 fully saturated rings. The van der Waals surface area contributed by atoms with Gasteiger partial charge in [-0.1, -0.05) is 42.5 Å². The second-order valence-electron chi connectivity index (χ2n) is 6.60. The summed E-state index contributed by atoms with van der Waals surface area (Å²) in [6.07, 6.45) is 1.48. The van der Waals surface area contributed by atoms with Crippen molar-refractivity contribution in [2.24, 2.45) is 0 Å². The number of para-hydroxylation sites is 1. The zero-order valence-corrected chi connectivity index (χ0v) is 16.0. The molecule has 1 heterocycles. The van der Waals surface area contributed by atoms with Gasteiger partial charge in [0, 0.05) is 12.1 Å². The summed E-state index contributed by atoms with van der Waals surface area (Å²) in [6.45, 7) is 0.562. The Kier molecular flexibility index (Phi) is 5.85. The van der Waals surface area contributed by atoms with Crippen LogP contribution in [-0.4, -0.2) is 10.9 Å². The minimum Gasteiger partial charge on any atom is -0.486 e. The van der Waals surface area contributed by atoms with Gasteiger partial charge in [-0.3, -0.25) is 4.79 Å². The zero-order chi connectivity index (χ0) is 20.8. The van der Waals surface area contributed by atoms with E-state index in [1.165, 1.54) is 18.4 Å². The van der Waals surface area contributed by atoms with Gasteiger partial charge in [-0.2, -0.15) is 0 Å². The van der Waals surface area contributed by atoms with Crippen molar-refractivity contribution >= 4 is 5.91 Å². The molecule has 5 nitrogen and oxygen atoms in total. The van der Waals surface area contributed by atoms with Gasteiger partial charge in [-0.05, 0) is 42.0 Å². The molecule has 1 aromatic heterocycles. The second-order valence-corrected chi connectivity index (χ2v) is 6.60. The zero-order valence-electron chi connectivity index (χ0n) is 16.0. The SMILES string of the molecule is O=C(NCc1ccccc1)c1ccccc1OCc1coc(-c2ccc(F)cc2)n1. The molecule has 0 bridgehead atoms. The minimum absolute atomic E-state index is 0.133. The number of benzene rings is 3. The van der Waals surface area contributed by atoms with Crippen LogP contribution < -0.4 is 10.1 Å². The van der Waals surface area contributed by atoms with Gasteiger partial charge in [-0.15, -0.1) is 0 Å². The maximum Gasteiger partial charge on any atom is 0.255 e. The van der Waals surface area contributed by atoms with E-state index in [0.717, 1.165) is 5.56 Å². The van der Waals surface area contributed by atoms with Crippen molar-refractivity contribution in [3.05, 3.63) is 108 Å². The quantitative estimate of drug-likeness (QED) is 0.473. The number of rotatable bonds is 7. The van der Waals surface area contributed by atoms with Crippen LogP contribution in [0.4, 0.5) is 4.39 Å². The minimum atomic E-state index is -0.323. The predicted octanol–water partition coefficient (Wildman–Crippen LogP) is 4.99. The third-order valence-corrected chi connectivity index (χ3v) is 4.45. The molecule has 0 aliphatic carbocycles. The van der Waals surface area contributed by atoms with E-state index in [4.69, 9.17) is 9.15 Å². The number of carbonyl (C=O) groups excluding carboxylic acids is 1. The van der Waals surface area contributed by atoms with Crippen molar-refractivity contribution in [2.75, 3.05) is 0 Å². The number of halogens is 1. The lowest BCUT2D eigenvalue weighted by molar-refractivity contribution is 0.0946. The van der Waals surface area contributed by atoms with Crippen molar-refractivity contribution in [3.63, 3.8) is 0 Å². The molecule has 4 rings (SSSR count). The monoisotopic (exact) mass is 402 g/mol. The highest BCUT2D eigenvalue weighted by Crippen LogP contribution is 2.22. The van der Waals surface area contributed by atoms with Gasteiger partial charge in [-0.25, -0.2) is 9.37 Å². The van der Waals surface area contributed by atoms with Crippen LogP contribution >= 0.6 is 0 Å². The summed E-state index contributed by atoms with van der Waals surface area (Å²) in [5, 5.41) is 2.90. The van der Waals surface area contributed by atoms with Gasteiger partial charge < -0.3 is 14.5 Å². The Hall–Kier alpha value is -3.93. The molecule has 0 atom stereocenters. The van der Waals surface area contributed by atoms with Crippen molar-refractivity contribution in [2.45, 2.75) is 13.2 Å². The van der Waals surface area contributed by atoms with Gasteiger partial charge in [0.1, 0.15) is 30.1 Å². The van der Waals surface area contributed by atoms with Crippen LogP contribution in [-0.2, 0) is 13.2 Å². The first-order valence-corrected chi connectivity index (χ1v) is 9.43. The van der Waals surface area contributed by atoms with E-state index in [0.29, 0.717) is 35.0 Å². The van der Waals surface area contributed by atoms with E-state index in [-0.39, 0.29) is 18.3 Å². The molecule has 4 aromatic rings. The van der Waals surface area contributed by atoms with Crippen molar-refractivity contribution in [1.82, 2.24) is 10.3 Å². The molecular weight excluding hydrogens is 383 g/mol. The molecule has 3 aromatic carbocycles. The first-order valence-electron chi connectivity index (χ1n) is 9.43. The number of aromatic nitrogens is 1. The number of amides is 1. The first-order chi connectivity index (χ1) is 14.7. The summed E-state index contributed by atoms with van der Waals surface area (Å²) in [5.41, 5.74) is 2.69. The average molecular weight is 402 g/mol. The lowest BCUT2D eigenvalue weighted by Crippen LogP contribution is -2.23. The van der Waals surface area contributed by atoms with Crippen LogP contribution in [0.15, 0.2) is 89.5 Å². The largest absolute Gasteiger partial charge is 0.486 e. The smallest absolute Gasteiger partial charge is 0.255 e. The molecular formula is C24H19FN2O3. The lowest BCUT2D eigenvalue weighted by Gasteiger charge is -2.11.